The third-order valence-electron chi connectivity index (χ3n) is 9.05. The second-order valence-electron chi connectivity index (χ2n) is 13.2. The Hall–Kier alpha value is -3.49. The molecule has 0 radical (unpaired) electrons. The largest absolute Gasteiger partial charge is 0.480 e. The van der Waals surface area contributed by atoms with Crippen molar-refractivity contribution in [1.82, 2.24) is 25.4 Å². The van der Waals surface area contributed by atoms with Crippen LogP contribution in [0.25, 0.3) is 0 Å². The van der Waals surface area contributed by atoms with Crippen LogP contribution >= 0.6 is 0 Å². The second kappa shape index (κ2) is 24.2. The first-order valence-corrected chi connectivity index (χ1v) is 17.7. The minimum atomic E-state index is -1.89. The highest BCUT2D eigenvalue weighted by Gasteiger charge is 2.33. The zero-order chi connectivity index (χ0) is 41.2. The van der Waals surface area contributed by atoms with Crippen molar-refractivity contribution in [2.75, 3.05) is 52.6 Å². The van der Waals surface area contributed by atoms with Crippen molar-refractivity contribution < 1.29 is 85.2 Å². The molecule has 1 aliphatic rings. The number of carbonyl (C=O) groups is 4. The highest BCUT2D eigenvalue weighted by molar-refractivity contribution is 5.79. The predicted octanol–water partition coefficient (Wildman–Crippen LogP) is -6.71. The Balaban J connectivity index is 2.06. The number of carbonyl (C=O) groups excluding carboxylic acids is 2. The molecular weight excluding hydrogens is 738 g/mol. The molecule has 22 nitrogen and oxygen atoms in total. The number of fused-ring (bicyclic) bond motifs is 2. The highest BCUT2D eigenvalue weighted by atomic mass is 16.5. The summed E-state index contributed by atoms with van der Waals surface area (Å²) in [6.45, 7) is -2.65. The van der Waals surface area contributed by atoms with Crippen molar-refractivity contribution in [1.29, 1.82) is 0 Å². The van der Waals surface area contributed by atoms with Crippen molar-refractivity contribution in [2.24, 2.45) is 0 Å². The van der Waals surface area contributed by atoms with E-state index < -0.39 is 111 Å². The fraction of sp³-hybridized carbons (Fsp3) is 0.727. The zero-order valence-corrected chi connectivity index (χ0v) is 30.2. The van der Waals surface area contributed by atoms with Gasteiger partial charge in [0.2, 0.25) is 11.8 Å². The Morgan fingerprint density at radius 3 is 1.35 bits per heavy atom. The summed E-state index contributed by atoms with van der Waals surface area (Å²) in [7, 11) is 0. The van der Waals surface area contributed by atoms with Crippen LogP contribution in [0, 0.1) is 0 Å². The Labute approximate surface area is 316 Å². The molecule has 0 spiro atoms. The van der Waals surface area contributed by atoms with Gasteiger partial charge in [-0.2, -0.15) is 0 Å². The number of carboxylic acid groups (broad SMARTS) is 2. The van der Waals surface area contributed by atoms with E-state index in [0.29, 0.717) is 11.4 Å². The lowest BCUT2D eigenvalue weighted by molar-refractivity contribution is -0.145. The summed E-state index contributed by atoms with van der Waals surface area (Å²) in [5.74, 6) is -3.82. The van der Waals surface area contributed by atoms with Gasteiger partial charge in [-0.25, -0.2) is 0 Å². The first-order chi connectivity index (χ1) is 26.0. The van der Waals surface area contributed by atoms with Crippen LogP contribution < -0.4 is 10.6 Å². The summed E-state index contributed by atoms with van der Waals surface area (Å²) >= 11 is 0. The molecule has 0 aliphatic carbocycles. The van der Waals surface area contributed by atoms with E-state index in [-0.39, 0.29) is 65.1 Å². The number of aromatic nitrogens is 1. The molecule has 2 unspecified atom stereocenters. The molecule has 55 heavy (non-hydrogen) atoms. The number of aliphatic hydroxyl groups is 10. The molecular formula is C33H55N5O17. The first kappa shape index (κ1) is 47.7. The van der Waals surface area contributed by atoms with E-state index in [2.05, 4.69) is 15.6 Å². The van der Waals surface area contributed by atoms with Gasteiger partial charge in [0, 0.05) is 52.1 Å². The van der Waals surface area contributed by atoms with Gasteiger partial charge < -0.3 is 76.6 Å². The third-order valence-corrected chi connectivity index (χ3v) is 9.05. The number of aliphatic carboxylic acids is 2. The summed E-state index contributed by atoms with van der Waals surface area (Å²) < 4.78 is 5.75. The minimum Gasteiger partial charge on any atom is -0.480 e. The van der Waals surface area contributed by atoms with Gasteiger partial charge in [-0.15, -0.1) is 0 Å². The Kier molecular flexibility index (Phi) is 21.0. The molecule has 1 aromatic heterocycles. The average molecular weight is 794 g/mol. The molecule has 1 aliphatic heterocycles. The quantitative estimate of drug-likeness (QED) is 0.0519. The number of nitrogens with zero attached hydrogens (tertiary/aromatic N) is 3. The molecule has 0 saturated heterocycles. The SMILES string of the molecule is O=C(CCC(C(=O)O)N1CCOCCN(C(CCC(=O)NC[C@H](O)[C@@H](O)[C@H](O)[C@H](O)CO)C(=O)O)Cc2cccc(n2)C1)NC[C@H](O)[C@@H](O)[C@H](O)[C@H](O)CO. The van der Waals surface area contributed by atoms with E-state index in [4.69, 9.17) is 14.9 Å². The summed E-state index contributed by atoms with van der Waals surface area (Å²) in [5.41, 5.74) is 0.858. The maximum atomic E-state index is 12.5. The molecule has 0 fully saturated rings. The van der Waals surface area contributed by atoms with Crippen molar-refractivity contribution >= 4 is 23.8 Å². The number of amides is 2. The predicted molar refractivity (Wildman–Crippen MR) is 185 cm³/mol. The molecule has 0 aromatic carbocycles. The van der Waals surface area contributed by atoms with E-state index >= 15 is 0 Å². The number of hydrogen-bond donors (Lipinski definition) is 14. The van der Waals surface area contributed by atoms with E-state index in [9.17, 15) is 70.2 Å². The van der Waals surface area contributed by atoms with E-state index in [0.717, 1.165) is 0 Å². The van der Waals surface area contributed by atoms with Crippen LogP contribution in [-0.4, -0.2) is 213 Å². The highest BCUT2D eigenvalue weighted by Crippen LogP contribution is 2.17. The van der Waals surface area contributed by atoms with Crippen molar-refractivity contribution in [3.8, 4) is 0 Å². The molecule has 10 atom stereocenters. The standard InChI is InChI=1S/C33H55N5O17/c39-16-24(43)30(49)28(47)22(41)12-34-26(45)6-4-20(32(51)52)37-8-10-55-11-9-38(15-19-3-1-2-18(14-37)36-19)21(33(53)54)5-7-27(46)35-13-23(42)29(48)31(50)25(44)17-40/h1-3,20-25,28-31,39-44,47-50H,4-17H2,(H,34,45)(H,35,46)(H,51,52)(H,53,54)/t20?,21?,22-,23-,24+,25+,28+,29+,30+,31+/m0/s1. The van der Waals surface area contributed by atoms with Crippen LogP contribution in [0.15, 0.2) is 18.2 Å². The molecule has 1 aromatic rings. The normalized spacial score (nSPS) is 20.2. The maximum absolute atomic E-state index is 12.5. The van der Waals surface area contributed by atoms with Gasteiger partial charge in [-0.3, -0.25) is 34.0 Å². The number of rotatable bonds is 22. The number of pyridine rings is 1. The summed E-state index contributed by atoms with van der Waals surface area (Å²) in [5, 5.41) is 121. The average Bonchev–Trinajstić information content (AvgIpc) is 3.16. The zero-order valence-electron chi connectivity index (χ0n) is 30.2. The smallest absolute Gasteiger partial charge is 0.320 e. The Morgan fingerprint density at radius 1 is 0.636 bits per heavy atom. The number of hydrogen-bond acceptors (Lipinski definition) is 18. The maximum Gasteiger partial charge on any atom is 0.320 e. The molecule has 22 heteroatoms. The van der Waals surface area contributed by atoms with Crippen LogP contribution in [0.1, 0.15) is 37.1 Å². The molecule has 2 bridgehead atoms. The number of ether oxygens (including phenoxy) is 1. The lowest BCUT2D eigenvalue weighted by Gasteiger charge is -2.31. The first-order valence-electron chi connectivity index (χ1n) is 17.7. The van der Waals surface area contributed by atoms with E-state index in [1.165, 1.54) is 0 Å². The summed E-state index contributed by atoms with van der Waals surface area (Å²) in [6.07, 6.45) is -15.4. The van der Waals surface area contributed by atoms with Gasteiger partial charge in [0.1, 0.15) is 48.7 Å². The topological polar surface area (TPSA) is 364 Å². The summed E-state index contributed by atoms with van der Waals surface area (Å²) in [4.78, 5) is 57.5. The minimum absolute atomic E-state index is 0.00479. The number of nitrogens with one attached hydrogen (secondary N) is 2. The van der Waals surface area contributed by atoms with E-state index in [1.807, 2.05) is 0 Å². The fourth-order valence-corrected chi connectivity index (χ4v) is 5.72. The molecule has 2 heterocycles. The molecule has 314 valence electrons. The van der Waals surface area contributed by atoms with Crippen LogP contribution in [0.2, 0.25) is 0 Å². The van der Waals surface area contributed by atoms with Crippen molar-refractivity contribution in [2.45, 2.75) is 99.7 Å². The molecule has 2 amide bonds. The van der Waals surface area contributed by atoms with Crippen molar-refractivity contribution in [3.63, 3.8) is 0 Å². The lowest BCUT2D eigenvalue weighted by Crippen LogP contribution is -2.50. The summed E-state index contributed by atoms with van der Waals surface area (Å²) in [6, 6.07) is 2.56. The van der Waals surface area contributed by atoms with Gasteiger partial charge in [0.05, 0.1) is 50.0 Å². The van der Waals surface area contributed by atoms with Gasteiger partial charge in [-0.05, 0) is 25.0 Å². The van der Waals surface area contributed by atoms with Gasteiger partial charge in [0.25, 0.3) is 0 Å². The molecule has 14 N–H and O–H groups in total. The van der Waals surface area contributed by atoms with Gasteiger partial charge in [0.15, 0.2) is 0 Å². The molecule has 0 saturated carbocycles. The number of aliphatic hydroxyl groups excluding tert-OH is 10. The molecule has 2 rings (SSSR count). The Morgan fingerprint density at radius 2 is 1.00 bits per heavy atom. The van der Waals surface area contributed by atoms with E-state index in [1.54, 1.807) is 28.0 Å². The Bertz CT molecular complexity index is 1250. The van der Waals surface area contributed by atoms with Crippen LogP contribution in [-0.2, 0) is 37.0 Å². The fourth-order valence-electron chi connectivity index (χ4n) is 5.72. The van der Waals surface area contributed by atoms with Crippen LogP contribution in [0.5, 0.6) is 0 Å². The second-order valence-corrected chi connectivity index (χ2v) is 13.2. The monoisotopic (exact) mass is 793 g/mol. The number of carboxylic acids is 2. The van der Waals surface area contributed by atoms with Gasteiger partial charge >= 0.3 is 11.9 Å². The van der Waals surface area contributed by atoms with Gasteiger partial charge in [-0.1, -0.05) is 6.07 Å². The third kappa shape index (κ3) is 15.9. The van der Waals surface area contributed by atoms with Crippen LogP contribution in [0.3, 0.4) is 0 Å². The lowest BCUT2D eigenvalue weighted by atomic mass is 10.0. The van der Waals surface area contributed by atoms with Crippen LogP contribution in [0.4, 0.5) is 0 Å². The van der Waals surface area contributed by atoms with Crippen molar-refractivity contribution in [3.05, 3.63) is 29.6 Å².